The van der Waals surface area contributed by atoms with E-state index in [0.29, 0.717) is 31.8 Å². The van der Waals surface area contributed by atoms with Gasteiger partial charge in [-0.05, 0) is 18.2 Å². The number of likely N-dealkylation sites (tertiary alicyclic amines) is 1. The van der Waals surface area contributed by atoms with Crippen molar-refractivity contribution in [2.45, 2.75) is 18.9 Å². The second-order valence-corrected chi connectivity index (χ2v) is 6.00. The summed E-state index contributed by atoms with van der Waals surface area (Å²) in [5, 5.41) is 18.6. The molecule has 1 aliphatic heterocycles. The minimum absolute atomic E-state index is 0.0117. The summed E-state index contributed by atoms with van der Waals surface area (Å²) in [4.78, 5) is 24.6. The average molecular weight is 363 g/mol. The number of hydrogen-bond acceptors (Lipinski definition) is 6. The molecular formula is C16H15ClN4O4. The minimum Gasteiger partial charge on any atom is -0.473 e. The van der Waals surface area contributed by atoms with Gasteiger partial charge < -0.3 is 9.64 Å². The molecule has 1 aliphatic rings. The number of aromatic nitrogens is 2. The summed E-state index contributed by atoms with van der Waals surface area (Å²) in [6, 6.07) is 7.56. The highest BCUT2D eigenvalue weighted by Gasteiger charge is 2.26. The first kappa shape index (κ1) is 17.1. The van der Waals surface area contributed by atoms with Gasteiger partial charge >= 0.3 is 0 Å². The molecule has 9 heteroatoms. The van der Waals surface area contributed by atoms with Crippen LogP contribution in [0.2, 0.25) is 5.02 Å². The number of halogens is 1. The second kappa shape index (κ2) is 7.43. The first-order valence-corrected chi connectivity index (χ1v) is 8.10. The number of ether oxygens (including phenoxy) is 1. The van der Waals surface area contributed by atoms with Crippen molar-refractivity contribution in [3.05, 3.63) is 57.2 Å². The lowest BCUT2D eigenvalue weighted by molar-refractivity contribution is -0.384. The predicted octanol–water partition coefficient (Wildman–Crippen LogP) is 2.72. The summed E-state index contributed by atoms with van der Waals surface area (Å²) in [5.41, 5.74) is -0.0159. The molecule has 2 heterocycles. The number of carbonyl (C=O) groups is 1. The number of hydrogen-bond donors (Lipinski definition) is 0. The van der Waals surface area contributed by atoms with E-state index < -0.39 is 4.92 Å². The molecule has 0 atom stereocenters. The molecule has 2 aromatic rings. The van der Waals surface area contributed by atoms with Gasteiger partial charge in [0.25, 0.3) is 11.6 Å². The Labute approximate surface area is 148 Å². The number of rotatable bonds is 4. The number of piperidine rings is 1. The molecule has 1 amide bonds. The summed E-state index contributed by atoms with van der Waals surface area (Å²) < 4.78 is 5.74. The summed E-state index contributed by atoms with van der Waals surface area (Å²) in [7, 11) is 0. The molecule has 8 nitrogen and oxygen atoms in total. The molecule has 0 radical (unpaired) electrons. The molecule has 1 aromatic carbocycles. The minimum atomic E-state index is -0.597. The lowest BCUT2D eigenvalue weighted by Gasteiger charge is -2.31. The first-order chi connectivity index (χ1) is 12.0. The lowest BCUT2D eigenvalue weighted by Crippen LogP contribution is -2.41. The van der Waals surface area contributed by atoms with Crippen molar-refractivity contribution < 1.29 is 14.5 Å². The summed E-state index contributed by atoms with van der Waals surface area (Å²) >= 11 is 5.78. The van der Waals surface area contributed by atoms with Gasteiger partial charge in [-0.25, -0.2) is 0 Å². The van der Waals surface area contributed by atoms with Gasteiger partial charge in [0.05, 0.1) is 4.92 Å². The first-order valence-electron chi connectivity index (χ1n) is 7.72. The number of amides is 1. The Morgan fingerprint density at radius 2 is 2.08 bits per heavy atom. The molecule has 1 saturated heterocycles. The zero-order valence-electron chi connectivity index (χ0n) is 13.2. The third-order valence-corrected chi connectivity index (χ3v) is 4.27. The van der Waals surface area contributed by atoms with Crippen molar-refractivity contribution in [1.29, 1.82) is 0 Å². The quantitative estimate of drug-likeness (QED) is 0.612. The van der Waals surface area contributed by atoms with E-state index in [4.69, 9.17) is 16.3 Å². The third kappa shape index (κ3) is 4.03. The van der Waals surface area contributed by atoms with Crippen molar-refractivity contribution in [3.8, 4) is 5.88 Å². The molecule has 0 N–H and O–H groups in total. The summed E-state index contributed by atoms with van der Waals surface area (Å²) in [6.07, 6.45) is 2.83. The van der Waals surface area contributed by atoms with Crippen molar-refractivity contribution in [2.24, 2.45) is 0 Å². The van der Waals surface area contributed by atoms with Crippen LogP contribution in [0, 0.1) is 10.1 Å². The fraction of sp³-hybridized carbons (Fsp3) is 0.312. The molecule has 0 aliphatic carbocycles. The molecule has 0 bridgehead atoms. The van der Waals surface area contributed by atoms with Gasteiger partial charge in [0.2, 0.25) is 5.88 Å². The Hall–Kier alpha value is -2.74. The van der Waals surface area contributed by atoms with E-state index in [1.807, 2.05) is 0 Å². The summed E-state index contributed by atoms with van der Waals surface area (Å²) in [6.45, 7) is 1.00. The van der Waals surface area contributed by atoms with Crippen molar-refractivity contribution in [3.63, 3.8) is 0 Å². The van der Waals surface area contributed by atoms with Gasteiger partial charge in [-0.2, -0.15) is 5.10 Å². The monoisotopic (exact) mass is 362 g/mol. The normalized spacial score (nSPS) is 15.0. The fourth-order valence-corrected chi connectivity index (χ4v) is 2.85. The van der Waals surface area contributed by atoms with E-state index in [2.05, 4.69) is 10.2 Å². The predicted molar refractivity (Wildman–Crippen MR) is 89.7 cm³/mol. The number of benzene rings is 1. The van der Waals surface area contributed by atoms with Crippen molar-refractivity contribution >= 4 is 23.2 Å². The van der Waals surface area contributed by atoms with Crippen LogP contribution in [0.4, 0.5) is 5.69 Å². The van der Waals surface area contributed by atoms with Gasteiger partial charge in [-0.3, -0.25) is 14.9 Å². The SMILES string of the molecule is O=C(c1ccc(Cl)c([N+](=O)[O-])c1)N1CCC(Oc2cccnn2)CC1. The van der Waals surface area contributed by atoms with E-state index in [1.165, 1.54) is 18.2 Å². The zero-order valence-corrected chi connectivity index (χ0v) is 13.9. The average Bonchev–Trinajstić information content (AvgIpc) is 2.63. The molecule has 25 heavy (non-hydrogen) atoms. The molecule has 0 unspecified atom stereocenters. The van der Waals surface area contributed by atoms with Crippen LogP contribution < -0.4 is 4.74 Å². The Morgan fingerprint density at radius 3 is 2.72 bits per heavy atom. The van der Waals surface area contributed by atoms with Crippen LogP contribution in [0.25, 0.3) is 0 Å². The maximum absolute atomic E-state index is 12.5. The Bertz CT molecular complexity index is 779. The summed E-state index contributed by atoms with van der Waals surface area (Å²) in [5.74, 6) is 0.207. The maximum Gasteiger partial charge on any atom is 0.288 e. The number of nitro groups is 1. The van der Waals surface area contributed by atoms with Crippen LogP contribution in [0.5, 0.6) is 5.88 Å². The molecular weight excluding hydrogens is 348 g/mol. The van der Waals surface area contributed by atoms with Crippen LogP contribution in [0.3, 0.4) is 0 Å². The second-order valence-electron chi connectivity index (χ2n) is 5.59. The topological polar surface area (TPSA) is 98.5 Å². The van der Waals surface area contributed by atoms with E-state index in [9.17, 15) is 14.9 Å². The van der Waals surface area contributed by atoms with Crippen LogP contribution in [0.1, 0.15) is 23.2 Å². The van der Waals surface area contributed by atoms with Crippen LogP contribution >= 0.6 is 11.6 Å². The number of nitrogens with zero attached hydrogens (tertiary/aromatic N) is 4. The maximum atomic E-state index is 12.5. The van der Waals surface area contributed by atoms with Crippen LogP contribution in [-0.4, -0.2) is 45.1 Å². The van der Waals surface area contributed by atoms with E-state index in [0.717, 1.165) is 0 Å². The molecule has 0 saturated carbocycles. The molecule has 1 fully saturated rings. The standard InChI is InChI=1S/C16H15ClN4O4/c17-13-4-3-11(10-14(13)21(23)24)16(22)20-8-5-12(6-9-20)25-15-2-1-7-18-19-15/h1-4,7,10,12H,5-6,8-9H2. The van der Waals surface area contributed by atoms with Crippen molar-refractivity contribution in [1.82, 2.24) is 15.1 Å². The van der Waals surface area contributed by atoms with Gasteiger partial charge in [0.1, 0.15) is 11.1 Å². The van der Waals surface area contributed by atoms with Crippen LogP contribution in [-0.2, 0) is 0 Å². The molecule has 3 rings (SSSR count). The van der Waals surface area contributed by atoms with Gasteiger partial charge in [0.15, 0.2) is 0 Å². The largest absolute Gasteiger partial charge is 0.473 e. The van der Waals surface area contributed by atoms with E-state index >= 15 is 0 Å². The fourth-order valence-electron chi connectivity index (χ4n) is 2.67. The third-order valence-electron chi connectivity index (χ3n) is 3.95. The lowest BCUT2D eigenvalue weighted by atomic mass is 10.1. The Balaban J connectivity index is 1.62. The van der Waals surface area contributed by atoms with Gasteiger partial charge in [0, 0.05) is 49.8 Å². The van der Waals surface area contributed by atoms with Crippen molar-refractivity contribution in [2.75, 3.05) is 13.1 Å². The highest BCUT2D eigenvalue weighted by molar-refractivity contribution is 6.32. The van der Waals surface area contributed by atoms with E-state index in [1.54, 1.807) is 23.2 Å². The van der Waals surface area contributed by atoms with Gasteiger partial charge in [-0.15, -0.1) is 5.10 Å². The number of carbonyl (C=O) groups excluding carboxylic acids is 1. The Kier molecular flexibility index (Phi) is 5.08. The van der Waals surface area contributed by atoms with E-state index in [-0.39, 0.29) is 28.3 Å². The smallest absolute Gasteiger partial charge is 0.288 e. The van der Waals surface area contributed by atoms with Gasteiger partial charge in [-0.1, -0.05) is 11.6 Å². The molecule has 130 valence electrons. The highest BCUT2D eigenvalue weighted by Crippen LogP contribution is 2.26. The molecule has 1 aromatic heterocycles. The number of nitro benzene ring substituents is 1. The Morgan fingerprint density at radius 1 is 1.32 bits per heavy atom. The highest BCUT2D eigenvalue weighted by atomic mass is 35.5. The van der Waals surface area contributed by atoms with Crippen LogP contribution in [0.15, 0.2) is 36.5 Å². The zero-order chi connectivity index (χ0) is 17.8. The molecule has 0 spiro atoms.